The van der Waals surface area contributed by atoms with E-state index in [0.29, 0.717) is 5.91 Å². The molecule has 0 bridgehead atoms. The molecule has 4 heteroatoms. The Labute approximate surface area is 140 Å². The van der Waals surface area contributed by atoms with Crippen molar-refractivity contribution in [2.45, 2.75) is 38.8 Å². The van der Waals surface area contributed by atoms with Crippen molar-refractivity contribution in [1.29, 1.82) is 0 Å². The van der Waals surface area contributed by atoms with E-state index >= 15 is 0 Å². The molecule has 0 saturated carbocycles. The number of carbonyl (C=O) groups is 1. The number of carbonyl (C=O) groups excluding carboxylic acids is 1. The van der Waals surface area contributed by atoms with Crippen LogP contribution in [0.2, 0.25) is 0 Å². The normalized spacial score (nSPS) is 23.9. The molecule has 0 aliphatic carbocycles. The van der Waals surface area contributed by atoms with E-state index in [1.165, 1.54) is 18.4 Å². The van der Waals surface area contributed by atoms with Crippen molar-refractivity contribution in [2.75, 3.05) is 39.3 Å². The summed E-state index contributed by atoms with van der Waals surface area (Å²) in [5.41, 5.74) is 1.36. The molecule has 1 atom stereocenters. The Morgan fingerprint density at radius 1 is 1.04 bits per heavy atom. The molecule has 2 aliphatic heterocycles. The first kappa shape index (κ1) is 16.5. The average molecular weight is 315 g/mol. The van der Waals surface area contributed by atoms with Crippen LogP contribution in [0.1, 0.15) is 31.7 Å². The van der Waals surface area contributed by atoms with Crippen LogP contribution in [0.4, 0.5) is 0 Å². The zero-order chi connectivity index (χ0) is 16.1. The first-order valence-electron chi connectivity index (χ1n) is 9.07. The van der Waals surface area contributed by atoms with Crippen LogP contribution in [0.25, 0.3) is 0 Å². The Morgan fingerprint density at radius 3 is 2.48 bits per heavy atom. The van der Waals surface area contributed by atoms with Gasteiger partial charge in [-0.15, -0.1) is 0 Å². The molecule has 2 aliphatic rings. The molecule has 0 unspecified atom stereocenters. The number of benzene rings is 1. The van der Waals surface area contributed by atoms with Crippen LogP contribution >= 0.6 is 0 Å². The number of likely N-dealkylation sites (N-methyl/N-ethyl adjacent to an activating group) is 1. The fourth-order valence-corrected chi connectivity index (χ4v) is 3.83. The van der Waals surface area contributed by atoms with Crippen molar-refractivity contribution in [3.63, 3.8) is 0 Å². The molecule has 4 nitrogen and oxygen atoms in total. The Kier molecular flexibility index (Phi) is 5.68. The summed E-state index contributed by atoms with van der Waals surface area (Å²) in [6.45, 7) is 8.96. The Morgan fingerprint density at radius 2 is 1.78 bits per heavy atom. The van der Waals surface area contributed by atoms with Gasteiger partial charge in [0, 0.05) is 32.7 Å². The number of hydrogen-bond donors (Lipinski definition) is 0. The van der Waals surface area contributed by atoms with Gasteiger partial charge in [0.25, 0.3) is 0 Å². The summed E-state index contributed by atoms with van der Waals surface area (Å²) in [6.07, 6.45) is 3.47. The largest absolute Gasteiger partial charge is 0.339 e. The number of nitrogens with zero attached hydrogens (tertiary/aromatic N) is 3. The monoisotopic (exact) mass is 315 g/mol. The third-order valence-electron chi connectivity index (χ3n) is 5.24. The van der Waals surface area contributed by atoms with Gasteiger partial charge in [0.05, 0.1) is 6.04 Å². The van der Waals surface area contributed by atoms with Gasteiger partial charge in [-0.2, -0.15) is 0 Å². The molecule has 1 aromatic rings. The predicted molar refractivity (Wildman–Crippen MR) is 93.2 cm³/mol. The van der Waals surface area contributed by atoms with Crippen molar-refractivity contribution in [2.24, 2.45) is 0 Å². The van der Waals surface area contributed by atoms with Gasteiger partial charge in [0.1, 0.15) is 0 Å². The lowest BCUT2D eigenvalue weighted by Crippen LogP contribution is -2.55. The van der Waals surface area contributed by atoms with Crippen LogP contribution in [-0.4, -0.2) is 65.9 Å². The number of likely N-dealkylation sites (tertiary alicyclic amines) is 1. The smallest absolute Gasteiger partial charge is 0.240 e. The van der Waals surface area contributed by atoms with Gasteiger partial charge in [-0.3, -0.25) is 14.6 Å². The molecule has 2 saturated heterocycles. The third kappa shape index (κ3) is 4.12. The van der Waals surface area contributed by atoms with Crippen molar-refractivity contribution in [3.05, 3.63) is 35.9 Å². The number of piperazine rings is 1. The van der Waals surface area contributed by atoms with Crippen LogP contribution < -0.4 is 0 Å². The highest BCUT2D eigenvalue weighted by molar-refractivity contribution is 5.82. The standard InChI is InChI=1S/C19H29N3O/c1-2-21-11-7-6-10-18(21)19(23)22-14-12-20(13-15-22)16-17-8-4-3-5-9-17/h3-5,8-9,18H,2,6-7,10-16H2,1H3/t18-/m0/s1. The highest BCUT2D eigenvalue weighted by Crippen LogP contribution is 2.19. The topological polar surface area (TPSA) is 26.8 Å². The molecule has 0 radical (unpaired) electrons. The van der Waals surface area contributed by atoms with E-state index in [2.05, 4.69) is 52.0 Å². The van der Waals surface area contributed by atoms with Crippen molar-refractivity contribution < 1.29 is 4.79 Å². The number of rotatable bonds is 4. The summed E-state index contributed by atoms with van der Waals surface area (Å²) in [5.74, 6) is 0.367. The maximum atomic E-state index is 12.9. The van der Waals surface area contributed by atoms with Crippen LogP contribution in [0.5, 0.6) is 0 Å². The van der Waals surface area contributed by atoms with Gasteiger partial charge in [0.15, 0.2) is 0 Å². The maximum Gasteiger partial charge on any atom is 0.240 e. The summed E-state index contributed by atoms with van der Waals surface area (Å²) in [6, 6.07) is 10.7. The van der Waals surface area contributed by atoms with Crippen LogP contribution in [0.3, 0.4) is 0 Å². The molecule has 1 amide bonds. The third-order valence-corrected chi connectivity index (χ3v) is 5.24. The first-order valence-corrected chi connectivity index (χ1v) is 9.07. The Hall–Kier alpha value is -1.39. The lowest BCUT2D eigenvalue weighted by molar-refractivity contribution is -0.140. The van der Waals surface area contributed by atoms with Gasteiger partial charge in [-0.25, -0.2) is 0 Å². The minimum atomic E-state index is 0.134. The predicted octanol–water partition coefficient (Wildman–Crippen LogP) is 2.21. The molecule has 23 heavy (non-hydrogen) atoms. The number of hydrogen-bond acceptors (Lipinski definition) is 3. The maximum absolute atomic E-state index is 12.9. The quantitative estimate of drug-likeness (QED) is 0.852. The van der Waals surface area contributed by atoms with E-state index in [9.17, 15) is 4.79 Å². The molecule has 0 N–H and O–H groups in total. The molecular formula is C19H29N3O. The van der Waals surface area contributed by atoms with Crippen LogP contribution in [0.15, 0.2) is 30.3 Å². The van der Waals surface area contributed by atoms with E-state index in [0.717, 1.165) is 52.2 Å². The second-order valence-corrected chi connectivity index (χ2v) is 6.73. The second kappa shape index (κ2) is 7.93. The molecule has 1 aromatic carbocycles. The van der Waals surface area contributed by atoms with Crippen molar-refractivity contribution in [1.82, 2.24) is 14.7 Å². The first-order chi connectivity index (χ1) is 11.3. The van der Waals surface area contributed by atoms with E-state index in [1.54, 1.807) is 0 Å². The van der Waals surface area contributed by atoms with Crippen LogP contribution in [-0.2, 0) is 11.3 Å². The highest BCUT2D eigenvalue weighted by Gasteiger charge is 2.32. The molecule has 0 aromatic heterocycles. The lowest BCUT2D eigenvalue weighted by Gasteiger charge is -2.40. The van der Waals surface area contributed by atoms with Gasteiger partial charge >= 0.3 is 0 Å². The molecule has 2 fully saturated rings. The molecule has 3 rings (SSSR count). The second-order valence-electron chi connectivity index (χ2n) is 6.73. The molecular weight excluding hydrogens is 286 g/mol. The van der Waals surface area contributed by atoms with Crippen molar-refractivity contribution in [3.8, 4) is 0 Å². The van der Waals surface area contributed by atoms with Gasteiger partial charge in [0.2, 0.25) is 5.91 Å². The van der Waals surface area contributed by atoms with E-state index < -0.39 is 0 Å². The summed E-state index contributed by atoms with van der Waals surface area (Å²) < 4.78 is 0. The molecule has 126 valence electrons. The van der Waals surface area contributed by atoms with Gasteiger partial charge in [-0.1, -0.05) is 43.7 Å². The zero-order valence-electron chi connectivity index (χ0n) is 14.3. The van der Waals surface area contributed by atoms with E-state index in [-0.39, 0.29) is 6.04 Å². The Bertz CT molecular complexity index is 497. The summed E-state index contributed by atoms with van der Waals surface area (Å²) in [5, 5.41) is 0. The zero-order valence-corrected chi connectivity index (χ0v) is 14.3. The fraction of sp³-hybridized carbons (Fsp3) is 0.632. The number of amides is 1. The van der Waals surface area contributed by atoms with E-state index in [4.69, 9.17) is 0 Å². The molecule has 0 spiro atoms. The van der Waals surface area contributed by atoms with Gasteiger partial charge < -0.3 is 4.90 Å². The van der Waals surface area contributed by atoms with Crippen LogP contribution in [0, 0.1) is 0 Å². The minimum Gasteiger partial charge on any atom is -0.339 e. The average Bonchev–Trinajstić information content (AvgIpc) is 2.62. The van der Waals surface area contributed by atoms with E-state index in [1.807, 2.05) is 0 Å². The fourth-order valence-electron chi connectivity index (χ4n) is 3.83. The SMILES string of the molecule is CCN1CCCC[C@H]1C(=O)N1CCN(Cc2ccccc2)CC1. The summed E-state index contributed by atoms with van der Waals surface area (Å²) in [7, 11) is 0. The highest BCUT2D eigenvalue weighted by atomic mass is 16.2. The lowest BCUT2D eigenvalue weighted by atomic mass is 10.0. The molecule has 2 heterocycles. The summed E-state index contributed by atoms with van der Waals surface area (Å²) >= 11 is 0. The van der Waals surface area contributed by atoms with Crippen molar-refractivity contribution >= 4 is 5.91 Å². The Balaban J connectivity index is 1.51. The van der Waals surface area contributed by atoms with Gasteiger partial charge in [-0.05, 0) is 31.5 Å². The summed E-state index contributed by atoms with van der Waals surface area (Å²) in [4.78, 5) is 19.8. The minimum absolute atomic E-state index is 0.134. The number of piperidine rings is 1.